The summed E-state index contributed by atoms with van der Waals surface area (Å²) >= 11 is 2.00. The molecule has 0 saturated heterocycles. The monoisotopic (exact) mass is 650 g/mol. The Hall–Kier alpha value is -3.37. The molecule has 0 radical (unpaired) electrons. The average molecular weight is 651 g/mol. The highest BCUT2D eigenvalue weighted by molar-refractivity contribution is 7.33. The molecule has 0 spiro atoms. The molecule has 4 heteroatoms. The lowest BCUT2D eigenvalue weighted by molar-refractivity contribution is 0.331. The molecule has 2 aromatic heterocycles. The van der Waals surface area contributed by atoms with Crippen molar-refractivity contribution in [2.45, 2.75) is 123 Å². The topological polar surface area (TPSA) is 16.1 Å². The standard InChI is InChI=1S/C44H51BN2S/c1-40(2,3)26-13-16-28(17-14-26)47-37-29-23-27(41(4,5)6)15-18-35(29)48-38(37)45-34-25-32-31(42(7,8)20-21-43(32,9)10)24-33(34)44(11,12)30-19-22-46-39(47)36(30)45/h13-19,22-25H,20-21H2,1-12H3. The van der Waals surface area contributed by atoms with Gasteiger partial charge in [0.05, 0.1) is 5.69 Å². The highest BCUT2D eigenvalue weighted by atomic mass is 32.1. The van der Waals surface area contributed by atoms with Gasteiger partial charge in [-0.1, -0.05) is 119 Å². The van der Waals surface area contributed by atoms with E-state index in [9.17, 15) is 0 Å². The lowest BCUT2D eigenvalue weighted by Gasteiger charge is -2.47. The van der Waals surface area contributed by atoms with Gasteiger partial charge >= 0.3 is 0 Å². The van der Waals surface area contributed by atoms with E-state index in [-0.39, 0.29) is 33.8 Å². The van der Waals surface area contributed by atoms with Gasteiger partial charge in [-0.15, -0.1) is 11.3 Å². The Labute approximate surface area is 293 Å². The Balaban J connectivity index is 1.48. The fourth-order valence-electron chi connectivity index (χ4n) is 8.92. The van der Waals surface area contributed by atoms with Crippen LogP contribution < -0.4 is 20.6 Å². The fourth-order valence-corrected chi connectivity index (χ4v) is 10.2. The molecule has 3 aromatic carbocycles. The number of thiophene rings is 1. The first-order chi connectivity index (χ1) is 22.3. The Morgan fingerprint density at radius 2 is 1.29 bits per heavy atom. The minimum Gasteiger partial charge on any atom is -0.295 e. The lowest BCUT2D eigenvalue weighted by atomic mass is 9.32. The molecule has 0 amide bonds. The second kappa shape index (κ2) is 9.87. The van der Waals surface area contributed by atoms with Crippen LogP contribution in [0.2, 0.25) is 0 Å². The number of rotatable bonds is 1. The molecule has 0 atom stereocenters. The van der Waals surface area contributed by atoms with Crippen LogP contribution >= 0.6 is 11.3 Å². The highest BCUT2D eigenvalue weighted by Crippen LogP contribution is 2.50. The number of hydrogen-bond donors (Lipinski definition) is 0. The summed E-state index contributed by atoms with van der Waals surface area (Å²) in [7, 11) is 0. The average Bonchev–Trinajstić information content (AvgIpc) is 3.38. The predicted octanol–water partition coefficient (Wildman–Crippen LogP) is 10.2. The Morgan fingerprint density at radius 3 is 1.92 bits per heavy atom. The van der Waals surface area contributed by atoms with Crippen molar-refractivity contribution in [2.75, 3.05) is 4.90 Å². The van der Waals surface area contributed by atoms with Gasteiger partial charge in [0.2, 0.25) is 0 Å². The van der Waals surface area contributed by atoms with Gasteiger partial charge in [-0.2, -0.15) is 0 Å². The van der Waals surface area contributed by atoms with Gasteiger partial charge in [-0.05, 0) is 104 Å². The molecule has 5 aromatic rings. The second-order valence-corrected chi connectivity index (χ2v) is 19.9. The summed E-state index contributed by atoms with van der Waals surface area (Å²) in [6.07, 6.45) is 4.51. The van der Waals surface area contributed by atoms with Crippen LogP contribution in [-0.2, 0) is 27.1 Å². The summed E-state index contributed by atoms with van der Waals surface area (Å²) in [5.74, 6) is 1.09. The van der Waals surface area contributed by atoms with Crippen LogP contribution in [0.3, 0.4) is 0 Å². The van der Waals surface area contributed by atoms with Crippen LogP contribution in [0.5, 0.6) is 0 Å². The van der Waals surface area contributed by atoms with Crippen LogP contribution in [0.15, 0.2) is 66.9 Å². The zero-order chi connectivity index (χ0) is 34.3. The quantitative estimate of drug-likeness (QED) is 0.165. The molecular weight excluding hydrogens is 599 g/mol. The number of anilines is 3. The summed E-state index contributed by atoms with van der Waals surface area (Å²) in [6, 6.07) is 24.1. The molecule has 2 aliphatic heterocycles. The van der Waals surface area contributed by atoms with E-state index in [1.54, 1.807) is 11.1 Å². The number of nitrogens with zero attached hydrogens (tertiary/aromatic N) is 2. The summed E-state index contributed by atoms with van der Waals surface area (Å²) in [6.45, 7) is 28.7. The van der Waals surface area contributed by atoms with Gasteiger partial charge in [0.15, 0.2) is 0 Å². The maximum Gasteiger partial charge on any atom is 0.262 e. The zero-order valence-electron chi connectivity index (χ0n) is 31.1. The number of hydrogen-bond acceptors (Lipinski definition) is 3. The van der Waals surface area contributed by atoms with Gasteiger partial charge in [0.25, 0.3) is 6.71 Å². The largest absolute Gasteiger partial charge is 0.295 e. The van der Waals surface area contributed by atoms with Crippen molar-refractivity contribution in [1.82, 2.24) is 4.98 Å². The molecule has 0 unspecified atom stereocenters. The Morgan fingerprint density at radius 1 is 0.688 bits per heavy atom. The Bertz CT molecular complexity index is 2130. The van der Waals surface area contributed by atoms with Gasteiger partial charge in [0.1, 0.15) is 5.82 Å². The van der Waals surface area contributed by atoms with E-state index >= 15 is 0 Å². The Kier molecular flexibility index (Phi) is 6.56. The molecule has 4 heterocycles. The van der Waals surface area contributed by atoms with E-state index in [2.05, 4.69) is 155 Å². The summed E-state index contributed by atoms with van der Waals surface area (Å²) < 4.78 is 2.80. The zero-order valence-corrected chi connectivity index (χ0v) is 32.0. The summed E-state index contributed by atoms with van der Waals surface area (Å²) in [4.78, 5) is 7.81. The van der Waals surface area contributed by atoms with Gasteiger partial charge in [0, 0.05) is 32.2 Å². The first-order valence-electron chi connectivity index (χ1n) is 18.0. The molecule has 0 bridgehead atoms. The second-order valence-electron chi connectivity index (χ2n) is 18.8. The molecular formula is C44H51BN2S. The van der Waals surface area contributed by atoms with Crippen molar-refractivity contribution in [2.24, 2.45) is 0 Å². The minimum absolute atomic E-state index is 0.0547. The fraction of sp³-hybridized carbons (Fsp3) is 0.432. The maximum atomic E-state index is 5.31. The van der Waals surface area contributed by atoms with Gasteiger partial charge < -0.3 is 0 Å². The van der Waals surface area contributed by atoms with E-state index in [4.69, 9.17) is 4.98 Å². The maximum absolute atomic E-state index is 5.31. The molecule has 0 fully saturated rings. The van der Waals surface area contributed by atoms with Crippen LogP contribution in [0.25, 0.3) is 10.1 Å². The normalized spacial score (nSPS) is 18.7. The van der Waals surface area contributed by atoms with Crippen molar-refractivity contribution in [3.63, 3.8) is 0 Å². The third-order valence-corrected chi connectivity index (χ3v) is 13.4. The number of pyridine rings is 1. The van der Waals surface area contributed by atoms with Gasteiger partial charge in [-0.3, -0.25) is 4.90 Å². The van der Waals surface area contributed by atoms with Crippen molar-refractivity contribution < 1.29 is 0 Å². The highest BCUT2D eigenvalue weighted by Gasteiger charge is 2.50. The van der Waals surface area contributed by atoms with Gasteiger partial charge in [-0.25, -0.2) is 4.98 Å². The smallest absolute Gasteiger partial charge is 0.262 e. The van der Waals surface area contributed by atoms with Crippen LogP contribution in [0.1, 0.15) is 129 Å². The van der Waals surface area contributed by atoms with Crippen molar-refractivity contribution >= 4 is 61.0 Å². The molecule has 1 aliphatic carbocycles. The van der Waals surface area contributed by atoms with Crippen LogP contribution in [-0.4, -0.2) is 11.7 Å². The van der Waals surface area contributed by atoms with Crippen LogP contribution in [0.4, 0.5) is 17.2 Å². The predicted molar refractivity (Wildman–Crippen MR) is 210 cm³/mol. The molecule has 3 aliphatic rings. The molecule has 8 rings (SSSR count). The lowest BCUT2D eigenvalue weighted by Crippen LogP contribution is -2.64. The minimum atomic E-state index is -0.152. The van der Waals surface area contributed by atoms with E-state index < -0.39 is 0 Å². The number of aromatic nitrogens is 1. The third kappa shape index (κ3) is 4.47. The third-order valence-electron chi connectivity index (χ3n) is 12.2. The van der Waals surface area contributed by atoms with Crippen LogP contribution in [0, 0.1) is 0 Å². The van der Waals surface area contributed by atoms with E-state index in [0.717, 1.165) is 5.82 Å². The molecule has 246 valence electrons. The molecule has 0 saturated carbocycles. The molecule has 2 nitrogen and oxygen atoms in total. The first-order valence-corrected chi connectivity index (χ1v) is 18.8. The van der Waals surface area contributed by atoms with E-state index in [1.165, 1.54) is 72.3 Å². The molecule has 0 N–H and O–H groups in total. The summed E-state index contributed by atoms with van der Waals surface area (Å²) in [5, 5.41) is 1.34. The van der Waals surface area contributed by atoms with E-state index in [1.807, 2.05) is 11.3 Å². The van der Waals surface area contributed by atoms with Crippen molar-refractivity contribution in [3.8, 4) is 0 Å². The summed E-state index contributed by atoms with van der Waals surface area (Å²) in [5.41, 5.74) is 14.4. The number of fused-ring (bicyclic) bond motifs is 7. The number of benzene rings is 3. The first kappa shape index (κ1) is 31.9. The van der Waals surface area contributed by atoms with Crippen molar-refractivity contribution in [1.29, 1.82) is 0 Å². The van der Waals surface area contributed by atoms with Crippen molar-refractivity contribution in [3.05, 3.63) is 100 Å². The molecule has 48 heavy (non-hydrogen) atoms. The van der Waals surface area contributed by atoms with E-state index in [0.29, 0.717) is 0 Å². The SMILES string of the molecule is CC(C)(C)c1ccc(N2c3nccc4c3B(c3cc5c(cc3C4(C)C)C(C)(C)CCC5(C)C)c3sc4ccc(C(C)(C)C)cc4c32)cc1.